The van der Waals surface area contributed by atoms with Gasteiger partial charge >= 0.3 is 0 Å². The van der Waals surface area contributed by atoms with E-state index in [1.165, 1.54) is 18.5 Å². The van der Waals surface area contributed by atoms with Crippen molar-refractivity contribution in [1.29, 1.82) is 0 Å². The van der Waals surface area contributed by atoms with Crippen LogP contribution in [0, 0.1) is 0 Å². The second-order valence-corrected chi connectivity index (χ2v) is 6.46. The summed E-state index contributed by atoms with van der Waals surface area (Å²) in [5, 5.41) is 5.41. The summed E-state index contributed by atoms with van der Waals surface area (Å²) in [4.78, 5) is 28.2. The van der Waals surface area contributed by atoms with Crippen molar-refractivity contribution in [3.63, 3.8) is 0 Å². The summed E-state index contributed by atoms with van der Waals surface area (Å²) in [5.41, 5.74) is 0.598. The number of amides is 2. The second kappa shape index (κ2) is 14.0. The quantitative estimate of drug-likeness (QED) is 0.360. The average Bonchev–Trinajstić information content (AvgIpc) is 2.66. The fourth-order valence-electron chi connectivity index (χ4n) is 1.85. The molecule has 28 heavy (non-hydrogen) atoms. The van der Waals surface area contributed by atoms with E-state index in [1.807, 2.05) is 27.7 Å². The van der Waals surface area contributed by atoms with Crippen LogP contribution in [0.2, 0.25) is 0 Å². The lowest BCUT2D eigenvalue weighted by Crippen LogP contribution is -2.30. The van der Waals surface area contributed by atoms with Gasteiger partial charge in [0.05, 0.1) is 36.5 Å². The maximum absolute atomic E-state index is 12.1. The number of nitrogens with zero attached hydrogens (tertiary/aromatic N) is 1. The van der Waals surface area contributed by atoms with Gasteiger partial charge in [0.2, 0.25) is 0 Å². The molecule has 0 fully saturated rings. The molecule has 0 aliphatic carbocycles. The molecule has 9 nitrogen and oxygen atoms in total. The van der Waals surface area contributed by atoms with Crippen LogP contribution in [0.5, 0.6) is 0 Å². The van der Waals surface area contributed by atoms with E-state index in [4.69, 9.17) is 18.9 Å². The number of carbonyl (C=O) groups is 2. The molecule has 0 spiro atoms. The fraction of sp³-hybridized carbons (Fsp3) is 0.632. The van der Waals surface area contributed by atoms with Crippen LogP contribution in [-0.2, 0) is 18.9 Å². The second-order valence-electron chi connectivity index (χ2n) is 6.46. The minimum absolute atomic E-state index is 0.0921. The molecule has 0 saturated carbocycles. The van der Waals surface area contributed by atoms with Crippen molar-refractivity contribution >= 4 is 11.8 Å². The van der Waals surface area contributed by atoms with Crippen LogP contribution in [0.25, 0.3) is 0 Å². The number of hydrogen-bond donors (Lipinski definition) is 2. The molecular formula is C19H31N3O6. The lowest BCUT2D eigenvalue weighted by atomic mass is 10.2. The zero-order valence-electron chi connectivity index (χ0n) is 17.0. The van der Waals surface area contributed by atoms with E-state index in [0.29, 0.717) is 37.4 Å². The highest BCUT2D eigenvalue weighted by molar-refractivity contribution is 5.99. The molecule has 1 aromatic rings. The number of carbonyl (C=O) groups excluding carboxylic acids is 2. The lowest BCUT2D eigenvalue weighted by Gasteiger charge is -2.10. The Morgan fingerprint density at radius 1 is 0.857 bits per heavy atom. The van der Waals surface area contributed by atoms with Crippen LogP contribution in [0.1, 0.15) is 48.4 Å². The molecule has 1 rings (SSSR count). The smallest absolute Gasteiger partial charge is 0.252 e. The van der Waals surface area contributed by atoms with Gasteiger partial charge in [-0.1, -0.05) is 0 Å². The molecule has 0 unspecified atom stereocenters. The minimum atomic E-state index is -0.329. The van der Waals surface area contributed by atoms with Crippen molar-refractivity contribution in [3.8, 4) is 0 Å². The van der Waals surface area contributed by atoms with Gasteiger partial charge in [-0.25, -0.2) is 0 Å². The molecule has 1 heterocycles. The maximum Gasteiger partial charge on any atom is 0.252 e. The van der Waals surface area contributed by atoms with Crippen LogP contribution in [-0.4, -0.2) is 68.9 Å². The summed E-state index contributed by atoms with van der Waals surface area (Å²) in [6.07, 6.45) is 2.99. The van der Waals surface area contributed by atoms with E-state index in [0.717, 1.165) is 0 Å². The number of hydrogen-bond acceptors (Lipinski definition) is 7. The third-order valence-electron chi connectivity index (χ3n) is 3.30. The molecule has 0 radical (unpaired) electrons. The third-order valence-corrected chi connectivity index (χ3v) is 3.30. The summed E-state index contributed by atoms with van der Waals surface area (Å²) >= 11 is 0. The van der Waals surface area contributed by atoms with Gasteiger partial charge in [-0.2, -0.15) is 0 Å². The highest BCUT2D eigenvalue weighted by atomic mass is 16.7. The monoisotopic (exact) mass is 397 g/mol. The van der Waals surface area contributed by atoms with Crippen molar-refractivity contribution in [1.82, 2.24) is 15.6 Å². The molecule has 2 amide bonds. The summed E-state index contributed by atoms with van der Waals surface area (Å²) in [6, 6.07) is 1.49. The standard InChI is InChI=1S/C19H31N3O6/c1-14(2)27-12-25-7-5-21-18(23)16-9-17(11-20-10-16)19(24)22-6-8-26-13-28-15(3)4/h9-11,14-15H,5-8,12-13H2,1-4H3,(H,21,23)(H,22,24). The molecule has 0 saturated heterocycles. The summed E-state index contributed by atoms with van der Waals surface area (Å²) in [7, 11) is 0. The first-order chi connectivity index (χ1) is 13.4. The van der Waals surface area contributed by atoms with Crippen molar-refractivity contribution < 1.29 is 28.5 Å². The van der Waals surface area contributed by atoms with Gasteiger partial charge in [-0.05, 0) is 33.8 Å². The number of rotatable bonds is 14. The molecule has 0 aromatic carbocycles. The summed E-state index contributed by atoms with van der Waals surface area (Å²) in [6.45, 7) is 9.31. The molecule has 1 aromatic heterocycles. The third kappa shape index (κ3) is 10.9. The molecule has 0 bridgehead atoms. The van der Waals surface area contributed by atoms with Crippen molar-refractivity contribution in [2.24, 2.45) is 0 Å². The van der Waals surface area contributed by atoms with E-state index in [1.54, 1.807) is 0 Å². The van der Waals surface area contributed by atoms with Gasteiger partial charge in [0, 0.05) is 25.5 Å². The Morgan fingerprint density at radius 3 is 1.68 bits per heavy atom. The van der Waals surface area contributed by atoms with E-state index in [9.17, 15) is 9.59 Å². The first kappa shape index (κ1) is 24.0. The van der Waals surface area contributed by atoms with Gasteiger partial charge < -0.3 is 29.6 Å². The molecule has 9 heteroatoms. The summed E-state index contributed by atoms with van der Waals surface area (Å²) < 4.78 is 21.0. The largest absolute Gasteiger partial charge is 0.354 e. The summed E-state index contributed by atoms with van der Waals surface area (Å²) in [5.74, 6) is -0.658. The molecule has 2 N–H and O–H groups in total. The van der Waals surface area contributed by atoms with E-state index < -0.39 is 0 Å². The molecule has 0 atom stereocenters. The average molecular weight is 397 g/mol. The van der Waals surface area contributed by atoms with Crippen LogP contribution >= 0.6 is 0 Å². The fourth-order valence-corrected chi connectivity index (χ4v) is 1.85. The first-order valence-electron chi connectivity index (χ1n) is 9.30. The zero-order valence-corrected chi connectivity index (χ0v) is 17.0. The van der Waals surface area contributed by atoms with Crippen LogP contribution in [0.15, 0.2) is 18.5 Å². The number of aromatic nitrogens is 1. The van der Waals surface area contributed by atoms with E-state index in [2.05, 4.69) is 15.6 Å². The minimum Gasteiger partial charge on any atom is -0.354 e. The van der Waals surface area contributed by atoms with Crippen LogP contribution in [0.4, 0.5) is 0 Å². The molecule has 158 valence electrons. The van der Waals surface area contributed by atoms with Crippen molar-refractivity contribution in [3.05, 3.63) is 29.6 Å². The van der Waals surface area contributed by atoms with Crippen molar-refractivity contribution in [2.75, 3.05) is 39.9 Å². The van der Waals surface area contributed by atoms with Crippen LogP contribution < -0.4 is 10.6 Å². The Morgan fingerprint density at radius 2 is 1.29 bits per heavy atom. The van der Waals surface area contributed by atoms with Crippen molar-refractivity contribution in [2.45, 2.75) is 39.9 Å². The predicted molar refractivity (Wildman–Crippen MR) is 103 cm³/mol. The van der Waals surface area contributed by atoms with Gasteiger partial charge in [0.15, 0.2) is 0 Å². The zero-order chi connectivity index (χ0) is 20.8. The van der Waals surface area contributed by atoms with Crippen LogP contribution in [0.3, 0.4) is 0 Å². The Bertz CT molecular complexity index is 548. The van der Waals surface area contributed by atoms with Gasteiger partial charge in [0.1, 0.15) is 13.6 Å². The predicted octanol–water partition coefficient (Wildman–Crippen LogP) is 1.34. The lowest BCUT2D eigenvalue weighted by molar-refractivity contribution is -0.0771. The molecular weight excluding hydrogens is 366 g/mol. The molecule has 0 aliphatic rings. The Labute approximate surface area is 166 Å². The normalized spacial score (nSPS) is 11.1. The highest BCUT2D eigenvalue weighted by Crippen LogP contribution is 2.03. The van der Waals surface area contributed by atoms with Gasteiger partial charge in [0.25, 0.3) is 11.8 Å². The molecule has 0 aliphatic heterocycles. The Balaban J connectivity index is 2.31. The Hall–Kier alpha value is -2.07. The number of ether oxygens (including phenoxy) is 4. The topological polar surface area (TPSA) is 108 Å². The number of nitrogens with one attached hydrogen (secondary N) is 2. The first-order valence-corrected chi connectivity index (χ1v) is 9.30. The number of pyridine rings is 1. The van der Waals surface area contributed by atoms with Gasteiger partial charge in [-0.15, -0.1) is 0 Å². The van der Waals surface area contributed by atoms with E-state index >= 15 is 0 Å². The van der Waals surface area contributed by atoms with E-state index in [-0.39, 0.29) is 37.6 Å². The highest BCUT2D eigenvalue weighted by Gasteiger charge is 2.11. The Kier molecular flexibility index (Phi) is 12.0. The maximum atomic E-state index is 12.1. The SMILES string of the molecule is CC(C)OCOCCNC(=O)c1cncc(C(=O)NCCOCOC(C)C)c1. The van der Waals surface area contributed by atoms with Gasteiger partial charge in [-0.3, -0.25) is 14.6 Å².